The summed E-state index contributed by atoms with van der Waals surface area (Å²) >= 11 is 1.22. The molecule has 7 heteroatoms. The van der Waals surface area contributed by atoms with Gasteiger partial charge in [-0.3, -0.25) is 15.1 Å². The van der Waals surface area contributed by atoms with Gasteiger partial charge in [-0.25, -0.2) is 4.98 Å². The van der Waals surface area contributed by atoms with Gasteiger partial charge in [0.2, 0.25) is 5.13 Å². The molecule has 0 radical (unpaired) electrons. The Balaban J connectivity index is 1.66. The highest BCUT2D eigenvalue weighted by atomic mass is 32.1. The molecule has 0 bridgehead atoms. The molecule has 0 aromatic carbocycles. The van der Waals surface area contributed by atoms with Gasteiger partial charge in [0.05, 0.1) is 11.3 Å². The predicted molar refractivity (Wildman–Crippen MR) is 97.9 cm³/mol. The van der Waals surface area contributed by atoms with Gasteiger partial charge >= 0.3 is 0 Å². The molecule has 6 nitrogen and oxygen atoms in total. The molecule has 0 spiro atoms. The monoisotopic (exact) mass is 353 g/mol. The second kappa shape index (κ2) is 6.76. The third-order valence-corrected chi connectivity index (χ3v) is 5.04. The van der Waals surface area contributed by atoms with Crippen LogP contribution in [0.3, 0.4) is 0 Å². The van der Waals surface area contributed by atoms with Crippen molar-refractivity contribution in [1.29, 1.82) is 0 Å². The lowest BCUT2D eigenvalue weighted by molar-refractivity contribution is 0.102. The van der Waals surface area contributed by atoms with Crippen molar-refractivity contribution < 1.29 is 4.79 Å². The van der Waals surface area contributed by atoms with Crippen LogP contribution in [-0.2, 0) is 19.3 Å². The lowest BCUT2D eigenvalue weighted by Gasteiger charge is -2.07. The first-order valence-electron chi connectivity index (χ1n) is 8.54. The van der Waals surface area contributed by atoms with Gasteiger partial charge in [0.1, 0.15) is 5.82 Å². The molecule has 0 aliphatic heterocycles. The Morgan fingerprint density at radius 1 is 1.40 bits per heavy atom. The van der Waals surface area contributed by atoms with Crippen LogP contribution in [0.4, 0.5) is 5.13 Å². The molecule has 0 saturated carbocycles. The highest BCUT2D eigenvalue weighted by Gasteiger charge is 2.24. The number of nitrogens with zero attached hydrogens (tertiary/aromatic N) is 3. The van der Waals surface area contributed by atoms with E-state index in [9.17, 15) is 4.79 Å². The van der Waals surface area contributed by atoms with Gasteiger partial charge in [0.25, 0.3) is 5.91 Å². The zero-order valence-corrected chi connectivity index (χ0v) is 14.8. The summed E-state index contributed by atoms with van der Waals surface area (Å²) in [5.41, 5.74) is 4.71. The van der Waals surface area contributed by atoms with Crippen molar-refractivity contribution in [2.45, 2.75) is 39.0 Å². The third kappa shape index (κ3) is 3.07. The fourth-order valence-electron chi connectivity index (χ4n) is 3.23. The molecule has 3 aromatic heterocycles. The van der Waals surface area contributed by atoms with E-state index in [2.05, 4.69) is 37.6 Å². The molecule has 1 amide bonds. The standard InChI is InChI=1S/C18H19N5OS/c1-2-5-14-21-18(25-23-14)22-17(24)12-10-20-13-8-3-6-11-7-4-9-19-16(11)15(12)13/h4,7,9-10,20H,2-3,5-6,8H2,1H3,(H,21,22,23,24). The molecule has 0 unspecified atom stereocenters. The van der Waals surface area contributed by atoms with Crippen LogP contribution in [0.1, 0.15) is 47.2 Å². The van der Waals surface area contributed by atoms with Gasteiger partial charge in [-0.1, -0.05) is 13.0 Å². The number of amides is 1. The van der Waals surface area contributed by atoms with Gasteiger partial charge in [0.15, 0.2) is 0 Å². The van der Waals surface area contributed by atoms with Crippen LogP contribution in [0.2, 0.25) is 0 Å². The lowest BCUT2D eigenvalue weighted by Crippen LogP contribution is -2.12. The van der Waals surface area contributed by atoms with Gasteiger partial charge in [-0.05, 0) is 37.3 Å². The summed E-state index contributed by atoms with van der Waals surface area (Å²) in [4.78, 5) is 25.0. The van der Waals surface area contributed by atoms with Crippen LogP contribution in [0.15, 0.2) is 24.5 Å². The van der Waals surface area contributed by atoms with Crippen molar-refractivity contribution >= 4 is 22.6 Å². The van der Waals surface area contributed by atoms with Crippen LogP contribution < -0.4 is 5.32 Å². The third-order valence-electron chi connectivity index (χ3n) is 4.37. The van der Waals surface area contributed by atoms with E-state index in [0.717, 1.165) is 54.9 Å². The Morgan fingerprint density at radius 2 is 2.32 bits per heavy atom. The summed E-state index contributed by atoms with van der Waals surface area (Å²) in [5.74, 6) is 0.609. The van der Waals surface area contributed by atoms with Gasteiger partial charge < -0.3 is 4.98 Å². The van der Waals surface area contributed by atoms with E-state index in [1.54, 1.807) is 12.4 Å². The Hall–Kier alpha value is -2.54. The number of fused-ring (bicyclic) bond motifs is 3. The average Bonchev–Trinajstić information content (AvgIpc) is 3.18. The molecule has 4 rings (SSSR count). The van der Waals surface area contributed by atoms with Crippen LogP contribution in [0.25, 0.3) is 11.3 Å². The smallest absolute Gasteiger partial charge is 0.259 e. The van der Waals surface area contributed by atoms with Crippen LogP contribution in [0, 0.1) is 0 Å². The average molecular weight is 353 g/mol. The molecule has 3 heterocycles. The maximum atomic E-state index is 12.8. The van der Waals surface area contributed by atoms with Crippen molar-refractivity contribution in [1.82, 2.24) is 19.3 Å². The number of aromatic nitrogens is 4. The summed E-state index contributed by atoms with van der Waals surface area (Å²) in [6, 6.07) is 4.04. The molecule has 0 atom stereocenters. The fraction of sp³-hybridized carbons (Fsp3) is 0.333. The summed E-state index contributed by atoms with van der Waals surface area (Å²) < 4.78 is 4.27. The number of carbonyl (C=O) groups excluding carboxylic acids is 1. The first-order chi connectivity index (χ1) is 12.3. The number of hydrogen-bond donors (Lipinski definition) is 2. The predicted octanol–water partition coefficient (Wildman–Crippen LogP) is 3.62. The summed E-state index contributed by atoms with van der Waals surface area (Å²) in [7, 11) is 0. The Labute approximate surface area is 149 Å². The van der Waals surface area contributed by atoms with Gasteiger partial charge in [0, 0.05) is 41.6 Å². The van der Waals surface area contributed by atoms with Crippen molar-refractivity contribution in [2.24, 2.45) is 0 Å². The van der Waals surface area contributed by atoms with Gasteiger partial charge in [-0.15, -0.1) is 0 Å². The summed E-state index contributed by atoms with van der Waals surface area (Å²) in [5, 5.41) is 3.42. The number of aryl methyl sites for hydroxylation is 3. The van der Waals surface area contributed by atoms with Crippen molar-refractivity contribution in [3.63, 3.8) is 0 Å². The van der Waals surface area contributed by atoms with Crippen molar-refractivity contribution in [3.05, 3.63) is 47.2 Å². The minimum absolute atomic E-state index is 0.171. The van der Waals surface area contributed by atoms with E-state index in [4.69, 9.17) is 0 Å². The zero-order chi connectivity index (χ0) is 17.2. The molecule has 1 aliphatic carbocycles. The summed E-state index contributed by atoms with van der Waals surface area (Å²) in [6.45, 7) is 2.08. The first-order valence-corrected chi connectivity index (χ1v) is 9.32. The highest BCUT2D eigenvalue weighted by molar-refractivity contribution is 7.09. The lowest BCUT2D eigenvalue weighted by atomic mass is 10.0. The number of aromatic amines is 1. The number of rotatable bonds is 4. The molecule has 1 aliphatic rings. The summed E-state index contributed by atoms with van der Waals surface area (Å²) in [6.07, 6.45) is 8.30. The quantitative estimate of drug-likeness (QED) is 0.750. The largest absolute Gasteiger partial charge is 0.364 e. The fourth-order valence-corrected chi connectivity index (χ4v) is 3.84. The second-order valence-corrected chi connectivity index (χ2v) is 6.89. The van der Waals surface area contributed by atoms with Crippen LogP contribution in [0.5, 0.6) is 0 Å². The number of H-pyrrole nitrogens is 1. The minimum atomic E-state index is -0.171. The van der Waals surface area contributed by atoms with E-state index in [0.29, 0.717) is 10.7 Å². The van der Waals surface area contributed by atoms with E-state index in [-0.39, 0.29) is 5.91 Å². The molecule has 128 valence electrons. The van der Waals surface area contributed by atoms with E-state index < -0.39 is 0 Å². The number of carbonyl (C=O) groups is 1. The maximum Gasteiger partial charge on any atom is 0.259 e. The molecular formula is C18H19N5OS. The molecular weight excluding hydrogens is 334 g/mol. The van der Waals surface area contributed by atoms with E-state index >= 15 is 0 Å². The van der Waals surface area contributed by atoms with Crippen molar-refractivity contribution in [2.75, 3.05) is 5.32 Å². The number of hydrogen-bond acceptors (Lipinski definition) is 5. The molecule has 2 N–H and O–H groups in total. The van der Waals surface area contributed by atoms with Crippen LogP contribution in [-0.4, -0.2) is 25.2 Å². The van der Waals surface area contributed by atoms with E-state index in [1.165, 1.54) is 17.1 Å². The van der Waals surface area contributed by atoms with E-state index in [1.807, 2.05) is 6.07 Å². The topological polar surface area (TPSA) is 83.6 Å². The number of nitrogens with one attached hydrogen (secondary N) is 2. The second-order valence-electron chi connectivity index (χ2n) is 6.14. The normalized spacial score (nSPS) is 13.0. The SMILES string of the molecule is CCCc1nsc(NC(=O)c2c[nH]c3c2-c2ncccc2CCC3)n1. The molecule has 0 saturated heterocycles. The van der Waals surface area contributed by atoms with Gasteiger partial charge in [-0.2, -0.15) is 4.37 Å². The number of pyridine rings is 1. The zero-order valence-electron chi connectivity index (χ0n) is 14.0. The van der Waals surface area contributed by atoms with Crippen molar-refractivity contribution in [3.8, 4) is 11.3 Å². The Bertz CT molecular complexity index is 914. The number of anilines is 1. The molecule has 0 fully saturated rings. The Morgan fingerprint density at radius 3 is 3.20 bits per heavy atom. The molecule has 25 heavy (non-hydrogen) atoms. The Kier molecular flexibility index (Phi) is 4.31. The minimum Gasteiger partial charge on any atom is -0.364 e. The molecule has 3 aromatic rings. The van der Waals surface area contributed by atoms with Crippen LogP contribution >= 0.6 is 11.5 Å². The highest BCUT2D eigenvalue weighted by Crippen LogP contribution is 2.33. The maximum absolute atomic E-state index is 12.8. The first kappa shape index (κ1) is 16.0.